The van der Waals surface area contributed by atoms with E-state index in [-0.39, 0.29) is 5.56 Å². The predicted octanol–water partition coefficient (Wildman–Crippen LogP) is 5.92. The molecule has 0 bridgehead atoms. The molecule has 2 aromatic carbocycles. The monoisotopic (exact) mass is 348 g/mol. The van der Waals surface area contributed by atoms with Crippen LogP contribution in [0.2, 0.25) is 5.02 Å². The number of alkyl halides is 4. The van der Waals surface area contributed by atoms with E-state index >= 15 is 0 Å². The summed E-state index contributed by atoms with van der Waals surface area (Å²) in [6.07, 6.45) is -4.38. The van der Waals surface area contributed by atoms with Crippen LogP contribution < -0.4 is 0 Å². The third-order valence-electron chi connectivity index (χ3n) is 2.74. The van der Waals surface area contributed by atoms with Gasteiger partial charge in [-0.3, -0.25) is 0 Å². The Morgan fingerprint density at radius 2 is 1.74 bits per heavy atom. The molecule has 0 nitrogen and oxygen atoms in total. The van der Waals surface area contributed by atoms with Gasteiger partial charge in [0.25, 0.3) is 0 Å². The van der Waals surface area contributed by atoms with Gasteiger partial charge in [-0.1, -0.05) is 57.9 Å². The van der Waals surface area contributed by atoms with Crippen LogP contribution in [0.25, 0.3) is 11.1 Å². The fourth-order valence-corrected chi connectivity index (χ4v) is 2.70. The van der Waals surface area contributed by atoms with Crippen molar-refractivity contribution in [2.45, 2.75) is 11.5 Å². The highest BCUT2D eigenvalue weighted by molar-refractivity contribution is 9.08. The van der Waals surface area contributed by atoms with Gasteiger partial charge >= 0.3 is 6.18 Å². The molecule has 5 heteroatoms. The van der Waals surface area contributed by atoms with E-state index in [2.05, 4.69) is 15.9 Å². The van der Waals surface area contributed by atoms with Gasteiger partial charge in [-0.2, -0.15) is 13.2 Å². The summed E-state index contributed by atoms with van der Waals surface area (Å²) in [4.78, 5) is 0. The summed E-state index contributed by atoms with van der Waals surface area (Å²) < 4.78 is 38.8. The van der Waals surface area contributed by atoms with Crippen molar-refractivity contribution in [3.8, 4) is 11.1 Å². The molecule has 0 unspecified atom stereocenters. The number of benzene rings is 2. The first kappa shape index (κ1) is 14.4. The molecule has 0 aromatic heterocycles. The summed E-state index contributed by atoms with van der Waals surface area (Å²) in [5.74, 6) is 0. The molecule has 0 saturated heterocycles. The van der Waals surface area contributed by atoms with E-state index in [1.165, 1.54) is 12.1 Å². The van der Waals surface area contributed by atoms with E-state index < -0.39 is 11.7 Å². The highest BCUT2D eigenvalue weighted by atomic mass is 79.9. The SMILES string of the molecule is FC(F)(F)c1ccccc1-c1ccc(CBr)c(Cl)c1. The first-order valence-electron chi connectivity index (χ1n) is 5.44. The quantitative estimate of drug-likeness (QED) is 0.590. The average Bonchev–Trinajstić information content (AvgIpc) is 2.37. The summed E-state index contributed by atoms with van der Waals surface area (Å²) in [6.45, 7) is 0. The Hall–Kier alpha value is -1.000. The van der Waals surface area contributed by atoms with Crippen molar-refractivity contribution < 1.29 is 13.2 Å². The van der Waals surface area contributed by atoms with Gasteiger partial charge in [0.05, 0.1) is 5.56 Å². The number of rotatable bonds is 2. The molecule has 0 N–H and O–H groups in total. The van der Waals surface area contributed by atoms with E-state index in [1.54, 1.807) is 24.3 Å². The summed E-state index contributed by atoms with van der Waals surface area (Å²) >= 11 is 9.31. The second-order valence-electron chi connectivity index (χ2n) is 3.98. The van der Waals surface area contributed by atoms with Gasteiger partial charge in [0.1, 0.15) is 0 Å². The van der Waals surface area contributed by atoms with Gasteiger partial charge < -0.3 is 0 Å². The topological polar surface area (TPSA) is 0 Å². The van der Waals surface area contributed by atoms with Crippen molar-refractivity contribution in [2.24, 2.45) is 0 Å². The first-order valence-corrected chi connectivity index (χ1v) is 6.94. The van der Waals surface area contributed by atoms with Gasteiger partial charge in [0.2, 0.25) is 0 Å². The maximum atomic E-state index is 12.9. The fraction of sp³-hybridized carbons (Fsp3) is 0.143. The number of hydrogen-bond acceptors (Lipinski definition) is 0. The van der Waals surface area contributed by atoms with Crippen LogP contribution >= 0.6 is 27.5 Å². The standard InChI is InChI=1S/C14H9BrClF3/c15-8-10-6-5-9(7-13(10)16)11-3-1-2-4-12(11)14(17,18)19/h1-7H,8H2. The normalized spacial score (nSPS) is 11.6. The minimum absolute atomic E-state index is 0.137. The summed E-state index contributed by atoms with van der Waals surface area (Å²) in [6, 6.07) is 10.4. The largest absolute Gasteiger partial charge is 0.417 e. The van der Waals surface area contributed by atoms with Gasteiger partial charge in [-0.05, 0) is 28.8 Å². The second kappa shape index (κ2) is 5.55. The van der Waals surface area contributed by atoms with Crippen LogP contribution in [0.15, 0.2) is 42.5 Å². The van der Waals surface area contributed by atoms with E-state index in [0.717, 1.165) is 11.6 Å². The molecule has 19 heavy (non-hydrogen) atoms. The maximum Gasteiger partial charge on any atom is 0.417 e. The Bertz CT molecular complexity index is 593. The zero-order chi connectivity index (χ0) is 14.0. The molecule has 2 aromatic rings. The van der Waals surface area contributed by atoms with E-state index in [1.807, 2.05) is 0 Å². The lowest BCUT2D eigenvalue weighted by Gasteiger charge is -2.13. The smallest absolute Gasteiger partial charge is 0.166 e. The summed E-state index contributed by atoms with van der Waals surface area (Å²) in [5.41, 5.74) is 0.785. The molecular weight excluding hydrogens is 341 g/mol. The molecule has 0 amide bonds. The van der Waals surface area contributed by atoms with Gasteiger partial charge in [0.15, 0.2) is 0 Å². The van der Waals surface area contributed by atoms with Gasteiger partial charge in [0, 0.05) is 10.4 Å². The van der Waals surface area contributed by atoms with Crippen LogP contribution in [0.4, 0.5) is 13.2 Å². The Balaban J connectivity index is 2.57. The van der Waals surface area contributed by atoms with Gasteiger partial charge in [-0.15, -0.1) is 0 Å². The van der Waals surface area contributed by atoms with Crippen molar-refractivity contribution in [2.75, 3.05) is 0 Å². The molecule has 0 atom stereocenters. The minimum Gasteiger partial charge on any atom is -0.166 e. The van der Waals surface area contributed by atoms with Crippen LogP contribution in [0.1, 0.15) is 11.1 Å². The van der Waals surface area contributed by atoms with E-state index in [0.29, 0.717) is 15.9 Å². The lowest BCUT2D eigenvalue weighted by atomic mass is 9.98. The van der Waals surface area contributed by atoms with Crippen LogP contribution in [0, 0.1) is 0 Å². The fourth-order valence-electron chi connectivity index (χ4n) is 1.81. The molecule has 0 saturated carbocycles. The zero-order valence-electron chi connectivity index (χ0n) is 9.64. The molecule has 0 aliphatic carbocycles. The highest BCUT2D eigenvalue weighted by Crippen LogP contribution is 2.38. The molecule has 0 aliphatic rings. The van der Waals surface area contributed by atoms with Crippen molar-refractivity contribution >= 4 is 27.5 Å². The van der Waals surface area contributed by atoms with Crippen LogP contribution in [0.3, 0.4) is 0 Å². The lowest BCUT2D eigenvalue weighted by molar-refractivity contribution is -0.137. The van der Waals surface area contributed by atoms with E-state index in [4.69, 9.17) is 11.6 Å². The van der Waals surface area contributed by atoms with Crippen LogP contribution in [0.5, 0.6) is 0 Å². The number of hydrogen-bond donors (Lipinski definition) is 0. The van der Waals surface area contributed by atoms with Crippen LogP contribution in [-0.2, 0) is 11.5 Å². The third kappa shape index (κ3) is 3.12. The molecule has 0 heterocycles. The average molecular weight is 350 g/mol. The molecule has 100 valence electrons. The Morgan fingerprint density at radius 1 is 1.05 bits per heavy atom. The van der Waals surface area contributed by atoms with Crippen molar-refractivity contribution in [3.63, 3.8) is 0 Å². The Labute approximate surface area is 122 Å². The van der Waals surface area contributed by atoms with Gasteiger partial charge in [-0.25, -0.2) is 0 Å². The highest BCUT2D eigenvalue weighted by Gasteiger charge is 2.33. The third-order valence-corrected chi connectivity index (χ3v) is 3.70. The molecule has 0 radical (unpaired) electrons. The molecule has 0 spiro atoms. The minimum atomic E-state index is -4.38. The van der Waals surface area contributed by atoms with E-state index in [9.17, 15) is 13.2 Å². The lowest BCUT2D eigenvalue weighted by Crippen LogP contribution is -2.06. The van der Waals surface area contributed by atoms with Crippen molar-refractivity contribution in [1.29, 1.82) is 0 Å². The van der Waals surface area contributed by atoms with Crippen molar-refractivity contribution in [3.05, 3.63) is 58.6 Å². The maximum absolute atomic E-state index is 12.9. The Morgan fingerprint density at radius 3 is 2.32 bits per heavy atom. The summed E-state index contributed by atoms with van der Waals surface area (Å²) in [7, 11) is 0. The molecule has 2 rings (SSSR count). The molecular formula is C14H9BrClF3. The number of halogens is 5. The predicted molar refractivity (Wildman–Crippen MR) is 74.5 cm³/mol. The molecule has 0 aliphatic heterocycles. The van der Waals surface area contributed by atoms with Crippen LogP contribution in [-0.4, -0.2) is 0 Å². The molecule has 0 fully saturated rings. The zero-order valence-corrected chi connectivity index (χ0v) is 12.0. The second-order valence-corrected chi connectivity index (χ2v) is 4.95. The summed E-state index contributed by atoms with van der Waals surface area (Å²) in [5, 5.41) is 1.01. The Kier molecular flexibility index (Phi) is 4.21. The first-order chi connectivity index (χ1) is 8.93. The van der Waals surface area contributed by atoms with Crippen molar-refractivity contribution in [1.82, 2.24) is 0 Å².